The summed E-state index contributed by atoms with van der Waals surface area (Å²) in [5.41, 5.74) is 0. The van der Waals surface area contributed by atoms with Gasteiger partial charge in [-0.2, -0.15) is 0 Å². The van der Waals surface area contributed by atoms with Gasteiger partial charge in [0, 0.05) is 0 Å². The van der Waals surface area contributed by atoms with Gasteiger partial charge in [-0.05, 0) is 12.3 Å². The standard InChI is InChI=1S/C7H10.ClH.Hg/c1-7-5-3-2-4-6-7;;/h2-5,7H,6H2,1H3;1H;/q;;+1/p-1. The van der Waals surface area contributed by atoms with Gasteiger partial charge < -0.3 is 12.4 Å². The van der Waals surface area contributed by atoms with E-state index in [0.29, 0.717) is 0 Å². The molecule has 47 valence electrons. The van der Waals surface area contributed by atoms with Gasteiger partial charge in [-0.15, -0.1) is 0 Å². The molecule has 1 aliphatic rings. The minimum Gasteiger partial charge on any atom is -1.00 e. The first-order chi connectivity index (χ1) is 3.39. The van der Waals surface area contributed by atoms with E-state index in [1.165, 1.54) is 6.42 Å². The van der Waals surface area contributed by atoms with Crippen LogP contribution in [0.4, 0.5) is 0 Å². The zero-order chi connectivity index (χ0) is 5.11. The molecule has 0 spiro atoms. The molecule has 1 unspecified atom stereocenters. The van der Waals surface area contributed by atoms with Crippen molar-refractivity contribution in [3.63, 3.8) is 0 Å². The van der Waals surface area contributed by atoms with Crippen molar-refractivity contribution in [2.24, 2.45) is 5.92 Å². The van der Waals surface area contributed by atoms with Gasteiger partial charge in [0.1, 0.15) is 0 Å². The van der Waals surface area contributed by atoms with Crippen LogP contribution in [0.3, 0.4) is 0 Å². The van der Waals surface area contributed by atoms with Gasteiger partial charge in [0.15, 0.2) is 0 Å². The summed E-state index contributed by atoms with van der Waals surface area (Å²) in [6.07, 6.45) is 9.84. The third-order valence-corrected chi connectivity index (χ3v) is 1.19. The molecule has 1 rings (SSSR count). The van der Waals surface area contributed by atoms with Crippen molar-refractivity contribution in [2.45, 2.75) is 13.3 Å². The third kappa shape index (κ3) is 5.16. The molecular weight excluding hydrogens is 320 g/mol. The second-order valence-electron chi connectivity index (χ2n) is 2.03. The second-order valence-corrected chi connectivity index (χ2v) is 2.03. The normalized spacial score (nSPS) is 22.1. The number of halogens is 1. The molecule has 9 heavy (non-hydrogen) atoms. The Morgan fingerprint density at radius 2 is 2.00 bits per heavy atom. The summed E-state index contributed by atoms with van der Waals surface area (Å²) in [7, 11) is 0. The Morgan fingerprint density at radius 3 is 2.22 bits per heavy atom. The largest absolute Gasteiger partial charge is 1.00 e. The van der Waals surface area contributed by atoms with E-state index in [4.69, 9.17) is 0 Å². The van der Waals surface area contributed by atoms with Crippen molar-refractivity contribution >= 4 is 0 Å². The van der Waals surface area contributed by atoms with E-state index in [0.717, 1.165) is 5.92 Å². The first-order valence-electron chi connectivity index (χ1n) is 2.73. The number of hydrogen-bond acceptors (Lipinski definition) is 0. The SMILES string of the molecule is CC1C=CC=CC1.[Cl-].[Hg+]. The van der Waals surface area contributed by atoms with Crippen LogP contribution in [-0.2, 0) is 27.7 Å². The first kappa shape index (κ1) is 12.4. The molecule has 0 heterocycles. The summed E-state index contributed by atoms with van der Waals surface area (Å²) in [5, 5.41) is 0. The van der Waals surface area contributed by atoms with E-state index in [-0.39, 0.29) is 40.1 Å². The van der Waals surface area contributed by atoms with E-state index in [1.807, 2.05) is 0 Å². The molecule has 1 radical (unpaired) electrons. The molecule has 0 saturated carbocycles. The topological polar surface area (TPSA) is 0 Å². The number of allylic oxidation sites excluding steroid dienone is 4. The van der Waals surface area contributed by atoms with E-state index in [1.54, 1.807) is 0 Å². The smallest absolute Gasteiger partial charge is 1.00 e. The Hall–Kier alpha value is 0.705. The van der Waals surface area contributed by atoms with Crippen LogP contribution >= 0.6 is 0 Å². The minimum absolute atomic E-state index is 0. The quantitative estimate of drug-likeness (QED) is 0.507. The molecular formula is C7H10ClHg. The fourth-order valence-electron chi connectivity index (χ4n) is 0.704. The number of hydrogen-bond donors (Lipinski definition) is 0. The van der Waals surface area contributed by atoms with Gasteiger partial charge in [0.05, 0.1) is 0 Å². The average Bonchev–Trinajstić information content (AvgIpc) is 1.69. The zero-order valence-corrected chi connectivity index (χ0v) is 11.9. The van der Waals surface area contributed by atoms with Crippen LogP contribution in [0.15, 0.2) is 24.3 Å². The maximum absolute atomic E-state index is 2.22. The summed E-state index contributed by atoms with van der Waals surface area (Å²) >= 11 is 0. The van der Waals surface area contributed by atoms with Gasteiger partial charge in [0.25, 0.3) is 0 Å². The fourth-order valence-corrected chi connectivity index (χ4v) is 0.704. The average molecular weight is 330 g/mol. The number of rotatable bonds is 0. The van der Waals surface area contributed by atoms with Crippen LogP contribution in [0.25, 0.3) is 0 Å². The van der Waals surface area contributed by atoms with Crippen LogP contribution < -0.4 is 12.4 Å². The summed E-state index contributed by atoms with van der Waals surface area (Å²) in [5.74, 6) is 0.769. The zero-order valence-electron chi connectivity index (χ0n) is 5.68. The predicted molar refractivity (Wildman–Crippen MR) is 32.1 cm³/mol. The maximum atomic E-state index is 2.22. The summed E-state index contributed by atoms with van der Waals surface area (Å²) in [6, 6.07) is 0. The van der Waals surface area contributed by atoms with E-state index >= 15 is 0 Å². The molecule has 0 nitrogen and oxygen atoms in total. The van der Waals surface area contributed by atoms with Crippen molar-refractivity contribution in [3.8, 4) is 0 Å². The van der Waals surface area contributed by atoms with Crippen LogP contribution in [0, 0.1) is 5.92 Å². The van der Waals surface area contributed by atoms with Crippen LogP contribution in [0.1, 0.15) is 13.3 Å². The van der Waals surface area contributed by atoms with E-state index in [9.17, 15) is 0 Å². The fraction of sp³-hybridized carbons (Fsp3) is 0.429. The maximum Gasteiger partial charge on any atom is 1.00 e. The van der Waals surface area contributed by atoms with Gasteiger partial charge in [-0.3, -0.25) is 0 Å². The summed E-state index contributed by atoms with van der Waals surface area (Å²) in [4.78, 5) is 0. The Kier molecular flexibility index (Phi) is 9.39. The van der Waals surface area contributed by atoms with Crippen molar-refractivity contribution in [3.05, 3.63) is 24.3 Å². The molecule has 0 aromatic carbocycles. The van der Waals surface area contributed by atoms with Crippen molar-refractivity contribution in [2.75, 3.05) is 0 Å². The Morgan fingerprint density at radius 1 is 1.33 bits per heavy atom. The molecule has 0 aromatic heterocycles. The first-order valence-corrected chi connectivity index (χ1v) is 2.73. The molecule has 0 aromatic rings. The molecule has 2 heteroatoms. The molecule has 0 saturated heterocycles. The molecule has 1 aliphatic carbocycles. The van der Waals surface area contributed by atoms with Crippen molar-refractivity contribution in [1.29, 1.82) is 0 Å². The molecule has 0 fully saturated rings. The minimum atomic E-state index is 0. The van der Waals surface area contributed by atoms with E-state index in [2.05, 4.69) is 31.2 Å². The molecule has 0 N–H and O–H groups in total. The Bertz CT molecular complexity index is 107. The Balaban J connectivity index is 0. The van der Waals surface area contributed by atoms with Gasteiger partial charge in [0.2, 0.25) is 0 Å². The third-order valence-electron chi connectivity index (χ3n) is 1.19. The summed E-state index contributed by atoms with van der Waals surface area (Å²) in [6.45, 7) is 2.22. The molecule has 0 aliphatic heterocycles. The molecule has 0 bridgehead atoms. The van der Waals surface area contributed by atoms with Gasteiger partial charge in [-0.25, -0.2) is 0 Å². The van der Waals surface area contributed by atoms with E-state index < -0.39 is 0 Å². The van der Waals surface area contributed by atoms with Gasteiger partial charge >= 0.3 is 27.7 Å². The monoisotopic (exact) mass is 331 g/mol. The Labute approximate surface area is 83.3 Å². The van der Waals surface area contributed by atoms with Crippen molar-refractivity contribution in [1.82, 2.24) is 0 Å². The van der Waals surface area contributed by atoms with Crippen LogP contribution in [-0.4, -0.2) is 0 Å². The van der Waals surface area contributed by atoms with Gasteiger partial charge in [-0.1, -0.05) is 31.2 Å². The molecule has 0 amide bonds. The predicted octanol–water partition coefficient (Wildman–Crippen LogP) is -0.860. The second kappa shape index (κ2) is 6.82. The summed E-state index contributed by atoms with van der Waals surface area (Å²) < 4.78 is 0. The molecule has 1 atom stereocenters. The van der Waals surface area contributed by atoms with Crippen molar-refractivity contribution < 1.29 is 40.1 Å². The van der Waals surface area contributed by atoms with Crippen LogP contribution in [0.2, 0.25) is 0 Å². The van der Waals surface area contributed by atoms with Crippen LogP contribution in [0.5, 0.6) is 0 Å².